The Hall–Kier alpha value is -0.640. The number of hydrogen-bond donors (Lipinski definition) is 1. The SMILES string of the molecule is CC(C)NC(C)(C#N)CCCCN1CCS(=O)(=O)CC1C. The second-order valence-corrected chi connectivity index (χ2v) is 8.93. The highest BCUT2D eigenvalue weighted by Gasteiger charge is 2.28. The summed E-state index contributed by atoms with van der Waals surface area (Å²) < 4.78 is 23.1. The fraction of sp³-hybridized carbons (Fsp3) is 0.933. The van der Waals surface area contributed by atoms with Crippen molar-refractivity contribution in [1.29, 1.82) is 5.26 Å². The quantitative estimate of drug-likeness (QED) is 0.722. The number of nitrogens with zero attached hydrogens (tertiary/aromatic N) is 2. The molecule has 1 aliphatic rings. The summed E-state index contributed by atoms with van der Waals surface area (Å²) in [7, 11) is -2.83. The zero-order chi connectivity index (χ0) is 16.1. The van der Waals surface area contributed by atoms with Crippen molar-refractivity contribution in [2.45, 2.75) is 64.6 Å². The Morgan fingerprint density at radius 1 is 1.43 bits per heavy atom. The van der Waals surface area contributed by atoms with Gasteiger partial charge < -0.3 is 0 Å². The molecule has 1 N–H and O–H groups in total. The molecule has 1 fully saturated rings. The Balaban J connectivity index is 2.33. The molecule has 2 unspecified atom stereocenters. The molecule has 0 aromatic heterocycles. The molecule has 0 aromatic carbocycles. The van der Waals surface area contributed by atoms with E-state index in [-0.39, 0.29) is 17.5 Å². The van der Waals surface area contributed by atoms with E-state index in [2.05, 4.69) is 16.3 Å². The Bertz CT molecular complexity index is 470. The first-order valence-corrected chi connectivity index (χ1v) is 9.63. The molecule has 0 spiro atoms. The molecule has 21 heavy (non-hydrogen) atoms. The number of hydrogen-bond acceptors (Lipinski definition) is 5. The van der Waals surface area contributed by atoms with Crippen molar-refractivity contribution in [3.05, 3.63) is 0 Å². The monoisotopic (exact) mass is 315 g/mol. The summed E-state index contributed by atoms with van der Waals surface area (Å²) in [6.07, 6.45) is 2.80. The minimum atomic E-state index is -2.83. The first-order chi connectivity index (χ1) is 9.67. The van der Waals surface area contributed by atoms with Gasteiger partial charge in [-0.25, -0.2) is 8.42 Å². The fourth-order valence-corrected chi connectivity index (χ4v) is 4.58. The fourth-order valence-electron chi connectivity index (χ4n) is 2.96. The van der Waals surface area contributed by atoms with Gasteiger partial charge in [0.25, 0.3) is 0 Å². The molecule has 1 rings (SSSR count). The highest BCUT2D eigenvalue weighted by atomic mass is 32.2. The number of nitrogens with one attached hydrogen (secondary N) is 1. The molecule has 6 heteroatoms. The minimum Gasteiger partial charge on any atom is -0.299 e. The van der Waals surface area contributed by atoms with E-state index in [0.717, 1.165) is 25.8 Å². The number of unbranched alkanes of at least 4 members (excludes halogenated alkanes) is 1. The molecule has 0 aromatic rings. The maximum absolute atomic E-state index is 11.5. The van der Waals surface area contributed by atoms with Crippen LogP contribution in [0, 0.1) is 11.3 Å². The summed E-state index contributed by atoms with van der Waals surface area (Å²) in [5.74, 6) is 0.556. The number of nitriles is 1. The van der Waals surface area contributed by atoms with Crippen LogP contribution in [0.1, 0.15) is 47.0 Å². The molecule has 0 saturated carbocycles. The van der Waals surface area contributed by atoms with Crippen LogP contribution in [-0.4, -0.2) is 55.5 Å². The van der Waals surface area contributed by atoms with Gasteiger partial charge >= 0.3 is 0 Å². The van der Waals surface area contributed by atoms with Crippen molar-refractivity contribution < 1.29 is 8.42 Å². The van der Waals surface area contributed by atoms with Crippen molar-refractivity contribution in [1.82, 2.24) is 10.2 Å². The minimum absolute atomic E-state index is 0.111. The standard InChI is InChI=1S/C15H29N3O2S/c1-13(2)17-15(4,12-16)7-5-6-8-18-9-10-21(19,20)11-14(18)3/h13-14,17H,5-11H2,1-4H3. The molecule has 0 amide bonds. The number of rotatable bonds is 7. The van der Waals surface area contributed by atoms with Gasteiger partial charge in [-0.05, 0) is 53.5 Å². The first-order valence-electron chi connectivity index (χ1n) is 7.81. The lowest BCUT2D eigenvalue weighted by Gasteiger charge is -2.33. The van der Waals surface area contributed by atoms with Gasteiger partial charge in [-0.1, -0.05) is 0 Å². The zero-order valence-corrected chi connectivity index (χ0v) is 14.5. The van der Waals surface area contributed by atoms with Crippen molar-refractivity contribution in [2.75, 3.05) is 24.6 Å². The normalized spacial score (nSPS) is 25.4. The highest BCUT2D eigenvalue weighted by Crippen LogP contribution is 2.16. The molecule has 0 radical (unpaired) electrons. The van der Waals surface area contributed by atoms with Gasteiger partial charge in [-0.15, -0.1) is 0 Å². The van der Waals surface area contributed by atoms with Gasteiger partial charge in [-0.2, -0.15) is 5.26 Å². The predicted octanol–water partition coefficient (Wildman–Crippen LogP) is 1.56. The third-order valence-corrected chi connectivity index (χ3v) is 5.83. The molecule has 0 bridgehead atoms. The Labute approximate surface area is 129 Å². The molecule has 1 heterocycles. The van der Waals surface area contributed by atoms with Crippen LogP contribution in [0.4, 0.5) is 0 Å². The van der Waals surface area contributed by atoms with Crippen LogP contribution in [-0.2, 0) is 9.84 Å². The molecule has 0 aliphatic carbocycles. The van der Waals surface area contributed by atoms with Crippen LogP contribution < -0.4 is 5.32 Å². The smallest absolute Gasteiger partial charge is 0.153 e. The molecular weight excluding hydrogens is 286 g/mol. The third-order valence-electron chi connectivity index (χ3n) is 4.03. The lowest BCUT2D eigenvalue weighted by atomic mass is 9.95. The van der Waals surface area contributed by atoms with E-state index in [1.807, 2.05) is 27.7 Å². The van der Waals surface area contributed by atoms with Crippen LogP contribution in [0.3, 0.4) is 0 Å². The third kappa shape index (κ3) is 6.33. The van der Waals surface area contributed by atoms with Crippen LogP contribution in [0.15, 0.2) is 0 Å². The Kier molecular flexibility index (Phi) is 6.64. The van der Waals surface area contributed by atoms with E-state index in [1.165, 1.54) is 0 Å². The Morgan fingerprint density at radius 2 is 2.10 bits per heavy atom. The average Bonchev–Trinajstić information content (AvgIpc) is 2.35. The molecule has 2 atom stereocenters. The summed E-state index contributed by atoms with van der Waals surface area (Å²) in [5, 5.41) is 12.6. The summed E-state index contributed by atoms with van der Waals surface area (Å²) >= 11 is 0. The van der Waals surface area contributed by atoms with Crippen LogP contribution in [0.25, 0.3) is 0 Å². The average molecular weight is 315 g/mol. The summed E-state index contributed by atoms with van der Waals surface area (Å²) in [4.78, 5) is 2.25. The van der Waals surface area contributed by atoms with Gasteiger partial charge in [-0.3, -0.25) is 10.2 Å². The molecule has 1 saturated heterocycles. The second-order valence-electron chi connectivity index (χ2n) is 6.70. The summed E-state index contributed by atoms with van der Waals surface area (Å²) in [5.41, 5.74) is -0.467. The first kappa shape index (κ1) is 18.4. The van der Waals surface area contributed by atoms with Gasteiger partial charge in [0, 0.05) is 18.6 Å². The summed E-state index contributed by atoms with van der Waals surface area (Å²) in [6.45, 7) is 9.58. The van der Waals surface area contributed by atoms with Crippen molar-refractivity contribution in [2.24, 2.45) is 0 Å². The predicted molar refractivity (Wildman–Crippen MR) is 85.8 cm³/mol. The van der Waals surface area contributed by atoms with Gasteiger partial charge in [0.15, 0.2) is 9.84 Å². The second kappa shape index (κ2) is 7.57. The lowest BCUT2D eigenvalue weighted by molar-refractivity contribution is 0.219. The van der Waals surface area contributed by atoms with Crippen molar-refractivity contribution in [3.63, 3.8) is 0 Å². The zero-order valence-electron chi connectivity index (χ0n) is 13.7. The van der Waals surface area contributed by atoms with Gasteiger partial charge in [0.05, 0.1) is 17.6 Å². The van der Waals surface area contributed by atoms with E-state index in [0.29, 0.717) is 12.6 Å². The largest absolute Gasteiger partial charge is 0.299 e. The summed E-state index contributed by atoms with van der Waals surface area (Å²) in [6, 6.07) is 2.77. The van der Waals surface area contributed by atoms with E-state index in [1.54, 1.807) is 0 Å². The maximum Gasteiger partial charge on any atom is 0.153 e. The van der Waals surface area contributed by atoms with E-state index < -0.39 is 15.4 Å². The van der Waals surface area contributed by atoms with Gasteiger partial charge in [0.1, 0.15) is 5.54 Å². The molecule has 122 valence electrons. The molecule has 5 nitrogen and oxygen atoms in total. The van der Waals surface area contributed by atoms with Crippen LogP contribution in [0.2, 0.25) is 0 Å². The van der Waals surface area contributed by atoms with Crippen molar-refractivity contribution in [3.8, 4) is 6.07 Å². The molecular formula is C15H29N3O2S. The van der Waals surface area contributed by atoms with Crippen LogP contribution in [0.5, 0.6) is 0 Å². The van der Waals surface area contributed by atoms with Crippen LogP contribution >= 0.6 is 0 Å². The molecule has 1 aliphatic heterocycles. The number of sulfone groups is 1. The highest BCUT2D eigenvalue weighted by molar-refractivity contribution is 7.91. The maximum atomic E-state index is 11.5. The Morgan fingerprint density at radius 3 is 2.62 bits per heavy atom. The van der Waals surface area contributed by atoms with E-state index >= 15 is 0 Å². The topological polar surface area (TPSA) is 73.2 Å². The lowest BCUT2D eigenvalue weighted by Crippen LogP contribution is -2.47. The van der Waals surface area contributed by atoms with Crippen molar-refractivity contribution >= 4 is 9.84 Å². The van der Waals surface area contributed by atoms with Gasteiger partial charge in [0.2, 0.25) is 0 Å². The van der Waals surface area contributed by atoms with E-state index in [4.69, 9.17) is 0 Å². The van der Waals surface area contributed by atoms with E-state index in [9.17, 15) is 13.7 Å².